The van der Waals surface area contributed by atoms with Gasteiger partial charge in [0.15, 0.2) is 0 Å². The lowest BCUT2D eigenvalue weighted by Crippen LogP contribution is -2.53. The zero-order chi connectivity index (χ0) is 26.8. The molecule has 0 unspecified atom stereocenters. The van der Waals surface area contributed by atoms with Gasteiger partial charge in [0.05, 0.1) is 15.5 Å². The normalized spacial score (nSPS) is 17.1. The van der Waals surface area contributed by atoms with E-state index in [0.29, 0.717) is 6.54 Å². The fraction of sp³-hybridized carbons (Fsp3) is 0.714. The molecule has 1 aromatic rings. The van der Waals surface area contributed by atoms with Crippen LogP contribution in [0.25, 0.3) is 0 Å². The van der Waals surface area contributed by atoms with Crippen molar-refractivity contribution in [2.24, 2.45) is 0 Å². The summed E-state index contributed by atoms with van der Waals surface area (Å²) in [7, 11) is 0. The van der Waals surface area contributed by atoms with Crippen LogP contribution in [0.1, 0.15) is 94.8 Å². The van der Waals surface area contributed by atoms with Gasteiger partial charge in [-0.1, -0.05) is 64.0 Å². The lowest BCUT2D eigenvalue weighted by Gasteiger charge is -2.42. The molecule has 2 fully saturated rings. The van der Waals surface area contributed by atoms with Gasteiger partial charge in [-0.2, -0.15) is 0 Å². The quantitative estimate of drug-likeness (QED) is 0.245. The summed E-state index contributed by atoms with van der Waals surface area (Å²) in [5.74, 6) is -0.326. The number of hydrogen-bond acceptors (Lipinski definition) is 5. The van der Waals surface area contributed by atoms with Crippen molar-refractivity contribution < 1.29 is 14.5 Å². The number of halogens is 1. The molecule has 0 N–H and O–H groups in total. The van der Waals surface area contributed by atoms with E-state index < -0.39 is 4.92 Å². The fourth-order valence-corrected chi connectivity index (χ4v) is 6.16. The molecule has 3 rings (SSSR count). The third kappa shape index (κ3) is 8.14. The van der Waals surface area contributed by atoms with Crippen LogP contribution in [0.4, 0.5) is 5.69 Å². The van der Waals surface area contributed by atoms with Gasteiger partial charge in [0.2, 0.25) is 5.91 Å². The molecule has 2 amide bonds. The standard InChI is InChI=1S/C28H43ClN4O4/c1-3-30(4-2)18-11-19-31(28(35)25-17-16-24(33(36)37)20-26(25)29)21-27(34)32(22-12-7-5-8-13-22)23-14-9-6-10-15-23/h16-17,20,22-23H,3-15,18-19,21H2,1-2H3. The van der Waals surface area contributed by atoms with Crippen LogP contribution < -0.4 is 0 Å². The van der Waals surface area contributed by atoms with Gasteiger partial charge < -0.3 is 14.7 Å². The van der Waals surface area contributed by atoms with Crippen LogP contribution in [0.3, 0.4) is 0 Å². The highest BCUT2D eigenvalue weighted by atomic mass is 35.5. The molecule has 206 valence electrons. The molecule has 0 bridgehead atoms. The molecule has 2 aliphatic carbocycles. The van der Waals surface area contributed by atoms with Crippen LogP contribution in [0.2, 0.25) is 5.02 Å². The first-order chi connectivity index (χ1) is 17.8. The van der Waals surface area contributed by atoms with Crippen molar-refractivity contribution in [1.29, 1.82) is 0 Å². The summed E-state index contributed by atoms with van der Waals surface area (Å²) in [4.78, 5) is 44.2. The van der Waals surface area contributed by atoms with E-state index in [-0.39, 0.29) is 46.7 Å². The summed E-state index contributed by atoms with van der Waals surface area (Å²) in [6.07, 6.45) is 11.9. The largest absolute Gasteiger partial charge is 0.335 e. The number of non-ortho nitro benzene ring substituents is 1. The number of nitro benzene ring substituents is 1. The maximum absolute atomic E-state index is 13.9. The maximum Gasteiger partial charge on any atom is 0.270 e. The Morgan fingerprint density at radius 1 is 0.946 bits per heavy atom. The van der Waals surface area contributed by atoms with E-state index in [1.807, 2.05) is 0 Å². The second kappa shape index (κ2) is 14.7. The summed E-state index contributed by atoms with van der Waals surface area (Å²) in [6.45, 7) is 7.34. The molecule has 0 aliphatic heterocycles. The molecule has 0 radical (unpaired) electrons. The second-order valence-electron chi connectivity index (χ2n) is 10.4. The monoisotopic (exact) mass is 534 g/mol. The Bertz CT molecular complexity index is 893. The highest BCUT2D eigenvalue weighted by Crippen LogP contribution is 2.31. The number of benzene rings is 1. The van der Waals surface area contributed by atoms with Crippen LogP contribution in [-0.4, -0.2) is 76.2 Å². The number of nitro groups is 1. The molecule has 8 nitrogen and oxygen atoms in total. The number of nitrogens with zero attached hydrogens (tertiary/aromatic N) is 4. The Labute approximate surface area is 226 Å². The van der Waals surface area contributed by atoms with Crippen LogP contribution >= 0.6 is 11.6 Å². The van der Waals surface area contributed by atoms with E-state index in [1.165, 1.54) is 31.0 Å². The first-order valence-electron chi connectivity index (χ1n) is 14.1. The van der Waals surface area contributed by atoms with Crippen molar-refractivity contribution >= 4 is 29.1 Å². The molecule has 0 aromatic heterocycles. The van der Waals surface area contributed by atoms with Crippen LogP contribution in [0, 0.1) is 10.1 Å². The number of amides is 2. The third-order valence-electron chi connectivity index (χ3n) is 8.03. The number of hydrogen-bond donors (Lipinski definition) is 0. The average molecular weight is 535 g/mol. The molecule has 0 saturated heterocycles. The Kier molecular flexibility index (Phi) is 11.6. The fourth-order valence-electron chi connectivity index (χ4n) is 5.91. The lowest BCUT2D eigenvalue weighted by atomic mass is 9.88. The van der Waals surface area contributed by atoms with E-state index in [0.717, 1.165) is 77.4 Å². The summed E-state index contributed by atoms with van der Waals surface area (Å²) < 4.78 is 0. The summed E-state index contributed by atoms with van der Waals surface area (Å²) in [6, 6.07) is 4.41. The topological polar surface area (TPSA) is 87.0 Å². The van der Waals surface area contributed by atoms with Crippen molar-refractivity contribution in [3.63, 3.8) is 0 Å². The molecule has 2 aliphatic rings. The number of carbonyl (C=O) groups excluding carboxylic acids is 2. The van der Waals surface area contributed by atoms with Crippen LogP contribution in [0.15, 0.2) is 18.2 Å². The minimum Gasteiger partial charge on any atom is -0.335 e. The van der Waals surface area contributed by atoms with Gasteiger partial charge in [0.25, 0.3) is 11.6 Å². The van der Waals surface area contributed by atoms with E-state index in [9.17, 15) is 19.7 Å². The van der Waals surface area contributed by atoms with Gasteiger partial charge in [-0.15, -0.1) is 0 Å². The Balaban J connectivity index is 1.82. The van der Waals surface area contributed by atoms with E-state index in [4.69, 9.17) is 11.6 Å². The minimum atomic E-state index is -0.530. The Morgan fingerprint density at radius 2 is 1.51 bits per heavy atom. The SMILES string of the molecule is CCN(CC)CCCN(CC(=O)N(C1CCCCC1)C1CCCCC1)C(=O)c1ccc([N+](=O)[O-])cc1Cl. The highest BCUT2D eigenvalue weighted by molar-refractivity contribution is 6.34. The molecule has 1 aromatic carbocycles. The predicted octanol–water partition coefficient (Wildman–Crippen LogP) is 5.92. The van der Waals surface area contributed by atoms with E-state index in [1.54, 1.807) is 4.90 Å². The zero-order valence-corrected chi connectivity index (χ0v) is 23.3. The van der Waals surface area contributed by atoms with Crippen molar-refractivity contribution in [3.8, 4) is 0 Å². The first-order valence-corrected chi connectivity index (χ1v) is 14.5. The molecular formula is C28H43ClN4O4. The summed E-state index contributed by atoms with van der Waals surface area (Å²) >= 11 is 6.33. The highest BCUT2D eigenvalue weighted by Gasteiger charge is 2.34. The van der Waals surface area contributed by atoms with E-state index >= 15 is 0 Å². The lowest BCUT2D eigenvalue weighted by molar-refractivity contribution is -0.384. The van der Waals surface area contributed by atoms with Crippen LogP contribution in [-0.2, 0) is 4.79 Å². The molecule has 9 heteroatoms. The number of rotatable bonds is 12. The predicted molar refractivity (Wildman–Crippen MR) is 147 cm³/mol. The summed E-state index contributed by atoms with van der Waals surface area (Å²) in [5.41, 5.74) is 0.0382. The van der Waals surface area contributed by atoms with Gasteiger partial charge in [-0.05, 0) is 57.8 Å². The molecule has 0 spiro atoms. The smallest absolute Gasteiger partial charge is 0.270 e. The first kappa shape index (κ1) is 29.4. The van der Waals surface area contributed by atoms with Crippen molar-refractivity contribution in [1.82, 2.24) is 14.7 Å². The molecular weight excluding hydrogens is 492 g/mol. The van der Waals surface area contributed by atoms with Crippen molar-refractivity contribution in [2.75, 3.05) is 32.7 Å². The van der Waals surface area contributed by atoms with Gasteiger partial charge in [0, 0.05) is 30.8 Å². The summed E-state index contributed by atoms with van der Waals surface area (Å²) in [5, 5.41) is 11.2. The van der Waals surface area contributed by atoms with Gasteiger partial charge in [-0.25, -0.2) is 0 Å². The van der Waals surface area contributed by atoms with Gasteiger partial charge >= 0.3 is 0 Å². The van der Waals surface area contributed by atoms with Crippen molar-refractivity contribution in [3.05, 3.63) is 38.9 Å². The van der Waals surface area contributed by atoms with Crippen LogP contribution in [0.5, 0.6) is 0 Å². The zero-order valence-electron chi connectivity index (χ0n) is 22.5. The minimum absolute atomic E-state index is 0.0113. The number of carbonyl (C=O) groups is 2. The van der Waals surface area contributed by atoms with Gasteiger partial charge in [-0.3, -0.25) is 19.7 Å². The molecule has 0 atom stereocenters. The third-order valence-corrected chi connectivity index (χ3v) is 8.34. The van der Waals surface area contributed by atoms with Gasteiger partial charge in [0.1, 0.15) is 6.54 Å². The Hall–Kier alpha value is -2.19. The maximum atomic E-state index is 13.9. The van der Waals surface area contributed by atoms with E-state index in [2.05, 4.69) is 23.6 Å². The molecule has 2 saturated carbocycles. The second-order valence-corrected chi connectivity index (χ2v) is 10.8. The average Bonchev–Trinajstić information content (AvgIpc) is 2.91. The molecule has 37 heavy (non-hydrogen) atoms. The Morgan fingerprint density at radius 3 is 2.00 bits per heavy atom. The molecule has 0 heterocycles. The van der Waals surface area contributed by atoms with Crippen molar-refractivity contribution in [2.45, 2.75) is 96.6 Å².